The van der Waals surface area contributed by atoms with Crippen LogP contribution in [0.25, 0.3) is 33.5 Å². The fraction of sp³-hybridized carbons (Fsp3) is 0.585. The van der Waals surface area contributed by atoms with Crippen LogP contribution in [0.2, 0.25) is 0 Å². The highest BCUT2D eigenvalue weighted by atomic mass is 16.5. The number of anilines is 1. The number of methoxy groups -OCH3 is 1. The van der Waals surface area contributed by atoms with E-state index in [2.05, 4.69) is 113 Å². The monoisotopic (exact) mass is 1030 g/mol. The zero-order valence-corrected chi connectivity index (χ0v) is 46.8. The molecule has 0 N–H and O–H groups in total. The van der Waals surface area contributed by atoms with Gasteiger partial charge in [-0.15, -0.1) is 0 Å². The average molecular weight is 1030 g/mol. The number of likely N-dealkylation sites (tertiary alicyclic amines) is 2. The van der Waals surface area contributed by atoms with E-state index in [9.17, 15) is 4.79 Å². The van der Waals surface area contributed by atoms with E-state index in [4.69, 9.17) is 19.7 Å². The second-order valence-electron chi connectivity index (χ2n) is 24.7. The van der Waals surface area contributed by atoms with Crippen LogP contribution in [-0.2, 0) is 12.8 Å². The molecule has 3 atom stereocenters. The number of benzene rings is 2. The van der Waals surface area contributed by atoms with Crippen LogP contribution in [0.1, 0.15) is 133 Å². The van der Waals surface area contributed by atoms with E-state index in [1.54, 1.807) is 7.11 Å². The lowest BCUT2D eigenvalue weighted by molar-refractivity contribution is 0.0734. The summed E-state index contributed by atoms with van der Waals surface area (Å²) in [5.74, 6) is 7.05. The lowest BCUT2D eigenvalue weighted by atomic mass is 9.98. The van der Waals surface area contributed by atoms with Gasteiger partial charge in [0.15, 0.2) is 0 Å². The van der Waals surface area contributed by atoms with Crippen molar-refractivity contribution in [1.82, 2.24) is 33.9 Å². The number of nitrogens with zero attached hydrogens (tertiary/aromatic N) is 8. The zero-order chi connectivity index (χ0) is 52.1. The largest absolute Gasteiger partial charge is 0.497 e. The molecule has 6 aromatic rings. The van der Waals surface area contributed by atoms with Gasteiger partial charge >= 0.3 is 0 Å². The minimum Gasteiger partial charge on any atom is -0.497 e. The van der Waals surface area contributed by atoms with Gasteiger partial charge in [-0.1, -0.05) is 47.0 Å². The van der Waals surface area contributed by atoms with Crippen molar-refractivity contribution in [3.63, 3.8) is 0 Å². The number of hydrogen-bond acceptors (Lipinski definition) is 8. The maximum Gasteiger partial charge on any atom is 0.253 e. The smallest absolute Gasteiger partial charge is 0.253 e. The van der Waals surface area contributed by atoms with E-state index in [0.717, 1.165) is 153 Å². The minimum absolute atomic E-state index is 0.185. The van der Waals surface area contributed by atoms with Crippen LogP contribution in [0, 0.1) is 41.4 Å². The Kier molecular flexibility index (Phi) is 16.7. The number of carbonyl (C=O) groups is 1. The average Bonchev–Trinajstić information content (AvgIpc) is 4.45. The molecule has 3 aliphatic carbocycles. The van der Waals surface area contributed by atoms with Gasteiger partial charge in [0.1, 0.15) is 11.5 Å². The van der Waals surface area contributed by atoms with Crippen molar-refractivity contribution in [1.29, 1.82) is 0 Å². The molecule has 2 saturated heterocycles. The number of amides is 1. The van der Waals surface area contributed by atoms with Gasteiger partial charge in [0.05, 0.1) is 36.1 Å². The highest BCUT2D eigenvalue weighted by Crippen LogP contribution is 2.68. The Balaban J connectivity index is 0.744. The van der Waals surface area contributed by atoms with Gasteiger partial charge in [-0.2, -0.15) is 10.2 Å². The summed E-state index contributed by atoms with van der Waals surface area (Å²) in [7, 11) is 1.71. The highest BCUT2D eigenvalue weighted by molar-refractivity contribution is 5.96. The molecular formula is C65H88N8O3. The molecule has 1 amide bonds. The van der Waals surface area contributed by atoms with Crippen molar-refractivity contribution in [2.45, 2.75) is 124 Å². The molecule has 3 saturated carbocycles. The van der Waals surface area contributed by atoms with E-state index in [1.807, 2.05) is 28.9 Å². The van der Waals surface area contributed by atoms with Crippen LogP contribution >= 0.6 is 0 Å². The third-order valence-electron chi connectivity index (χ3n) is 17.9. The molecule has 11 nitrogen and oxygen atoms in total. The van der Waals surface area contributed by atoms with E-state index < -0.39 is 0 Å². The van der Waals surface area contributed by atoms with E-state index in [1.165, 1.54) is 99.6 Å². The molecule has 76 heavy (non-hydrogen) atoms. The third-order valence-corrected chi connectivity index (χ3v) is 17.9. The number of aromatic nitrogens is 4. The lowest BCUT2D eigenvalue weighted by Gasteiger charge is -2.32. The summed E-state index contributed by atoms with van der Waals surface area (Å²) in [4.78, 5) is 24.4. The molecule has 0 spiro atoms. The first kappa shape index (κ1) is 52.7. The second kappa shape index (κ2) is 24.1. The Hall–Kier alpha value is -5.39. The van der Waals surface area contributed by atoms with Gasteiger partial charge < -0.3 is 29.1 Å². The van der Waals surface area contributed by atoms with Gasteiger partial charge in [0.25, 0.3) is 5.91 Å². The minimum atomic E-state index is 0.185. The van der Waals surface area contributed by atoms with Gasteiger partial charge in [-0.05, 0) is 218 Å². The van der Waals surface area contributed by atoms with Gasteiger partial charge in [-0.3, -0.25) is 4.79 Å². The van der Waals surface area contributed by atoms with Gasteiger partial charge in [-0.25, -0.2) is 9.03 Å². The summed E-state index contributed by atoms with van der Waals surface area (Å²) >= 11 is 0. The maximum absolute atomic E-state index is 14.3. The SMILES string of the molecule is COc1ccc(-c2nn3ccc(C(=O)N(CCC4CC4)CC4C5CC54)cc3c2CCCN2CCCC(COc3ccc(-c4nn5ccc(N(CCC(C)C)CCC(C)C)cc5c4CCCN4CCCCC4)cc3)C2)cc1. The Morgan fingerprint density at radius 3 is 1.88 bits per heavy atom. The predicted molar refractivity (Wildman–Crippen MR) is 309 cm³/mol. The fourth-order valence-corrected chi connectivity index (χ4v) is 12.6. The predicted octanol–water partition coefficient (Wildman–Crippen LogP) is 12.9. The molecule has 2 aromatic carbocycles. The van der Waals surface area contributed by atoms with Gasteiger partial charge in [0.2, 0.25) is 0 Å². The van der Waals surface area contributed by atoms with Crippen molar-refractivity contribution in [2.24, 2.45) is 41.4 Å². The van der Waals surface area contributed by atoms with Gasteiger partial charge in [0, 0.05) is 84.5 Å². The number of piperidine rings is 2. The number of hydrogen-bond donors (Lipinski definition) is 0. The summed E-state index contributed by atoms with van der Waals surface area (Å²) in [5.41, 5.74) is 11.3. The quantitative estimate of drug-likeness (QED) is 0.0505. The lowest BCUT2D eigenvalue weighted by Crippen LogP contribution is -2.38. The van der Waals surface area contributed by atoms with Crippen LogP contribution in [-0.4, -0.2) is 119 Å². The molecule has 2 aliphatic heterocycles. The maximum atomic E-state index is 14.3. The molecule has 0 bridgehead atoms. The number of aryl methyl sites for hydroxylation is 2. The first-order chi connectivity index (χ1) is 37.1. The molecular weight excluding hydrogens is 941 g/mol. The third kappa shape index (κ3) is 13.0. The van der Waals surface area contributed by atoms with E-state index in [0.29, 0.717) is 24.4 Å². The number of pyridine rings is 2. The zero-order valence-electron chi connectivity index (χ0n) is 46.8. The van der Waals surface area contributed by atoms with Crippen LogP contribution in [0.4, 0.5) is 5.69 Å². The Bertz CT molecular complexity index is 2840. The molecule has 3 unspecified atom stereocenters. The van der Waals surface area contributed by atoms with Crippen molar-refractivity contribution in [3.05, 3.63) is 102 Å². The summed E-state index contributed by atoms with van der Waals surface area (Å²) < 4.78 is 16.3. The Morgan fingerprint density at radius 1 is 0.671 bits per heavy atom. The fourth-order valence-electron chi connectivity index (χ4n) is 12.6. The van der Waals surface area contributed by atoms with Crippen LogP contribution in [0.3, 0.4) is 0 Å². The van der Waals surface area contributed by atoms with Crippen molar-refractivity contribution >= 4 is 22.6 Å². The van der Waals surface area contributed by atoms with Crippen LogP contribution in [0.5, 0.6) is 11.5 Å². The van der Waals surface area contributed by atoms with E-state index in [-0.39, 0.29) is 5.91 Å². The first-order valence-corrected chi connectivity index (χ1v) is 30.0. The Morgan fingerprint density at radius 2 is 1.28 bits per heavy atom. The number of ether oxygens (including phenoxy) is 2. The molecule has 11 rings (SSSR count). The molecule has 406 valence electrons. The van der Waals surface area contributed by atoms with Crippen molar-refractivity contribution in [2.75, 3.05) is 84.1 Å². The topological polar surface area (TPSA) is 83.1 Å². The first-order valence-electron chi connectivity index (χ1n) is 30.0. The molecule has 5 aliphatic rings. The molecule has 6 heterocycles. The summed E-state index contributed by atoms with van der Waals surface area (Å²) in [5, 5.41) is 10.5. The normalized spacial score (nSPS) is 20.7. The van der Waals surface area contributed by atoms with Crippen molar-refractivity contribution in [3.8, 4) is 34.0 Å². The molecule has 5 fully saturated rings. The second-order valence-corrected chi connectivity index (χ2v) is 24.7. The summed E-state index contributed by atoms with van der Waals surface area (Å²) in [6.07, 6.45) is 22.1. The summed E-state index contributed by atoms with van der Waals surface area (Å²) in [6, 6.07) is 25.9. The van der Waals surface area contributed by atoms with Crippen molar-refractivity contribution < 1.29 is 14.3 Å². The van der Waals surface area contributed by atoms with Crippen LogP contribution < -0.4 is 14.4 Å². The Labute approximate surface area is 454 Å². The number of fused-ring (bicyclic) bond motifs is 3. The standard InChI is InChI=1S/C65H88N8O3/c1-46(2)25-35-70(36-26-47(3)4)53-29-39-73-62(41-53)57(13-10-32-68-30-7-6-8-31-68)64(67-73)51-19-23-55(24-20-51)76-45-49-12-9-33-69(43-49)34-11-14-56-61-40-52(28-38-72(61)66-63(56)50-17-21-54(75-5)22-18-50)65(74)71(37-27-48-15-16-48)44-60-58-42-59(58)60/h17-24,28-29,38-41,46-49,58-60H,6-16,25-27,30-37,42-45H2,1-5H3. The molecule has 4 aromatic heterocycles. The molecule has 11 heteroatoms. The highest BCUT2D eigenvalue weighted by Gasteiger charge is 2.64. The molecule has 0 radical (unpaired) electrons. The summed E-state index contributed by atoms with van der Waals surface area (Å²) in [6.45, 7) is 20.8. The number of carbonyl (C=O) groups excluding carboxylic acids is 1. The van der Waals surface area contributed by atoms with Crippen LogP contribution in [0.15, 0.2) is 85.2 Å². The number of rotatable bonds is 27. The van der Waals surface area contributed by atoms with E-state index >= 15 is 0 Å².